The molecule has 0 atom stereocenters. The summed E-state index contributed by atoms with van der Waals surface area (Å²) in [6.45, 7) is 2.00. The molecule has 19 heavy (non-hydrogen) atoms. The molecule has 2 aromatic rings. The Bertz CT molecular complexity index is 580. The summed E-state index contributed by atoms with van der Waals surface area (Å²) in [5, 5.41) is 0. The van der Waals surface area contributed by atoms with Crippen molar-refractivity contribution in [3.05, 3.63) is 89.4 Å². The van der Waals surface area contributed by atoms with Crippen molar-refractivity contribution in [2.75, 3.05) is 0 Å². The Labute approximate surface area is 113 Å². The Balaban J connectivity index is 2.13. The zero-order chi connectivity index (χ0) is 13.1. The van der Waals surface area contributed by atoms with E-state index in [9.17, 15) is 0 Å². The highest BCUT2D eigenvalue weighted by Gasteiger charge is 2.16. The smallest absolute Gasteiger partial charge is 0.116 e. The number of rotatable bonds is 2. The summed E-state index contributed by atoms with van der Waals surface area (Å²) in [6.07, 6.45) is 2.99. The van der Waals surface area contributed by atoms with Gasteiger partial charge < -0.3 is 4.74 Å². The van der Waals surface area contributed by atoms with E-state index >= 15 is 0 Å². The molecule has 0 saturated heterocycles. The molecular weight excluding hydrogens is 232 g/mol. The molecule has 1 heterocycles. The zero-order valence-electron chi connectivity index (χ0n) is 11.0. The monoisotopic (exact) mass is 248 g/mol. The minimum Gasteiger partial charge on any atom is -0.466 e. The standard InChI is InChI=1S/C18H16O/c1-14-12-13-17(19-14)18(15-8-4-2-5-9-15)16-10-6-3-7-11-16/h2-12H,13H2,1H3. The number of ether oxygens (including phenoxy) is 1. The van der Waals surface area contributed by atoms with Crippen LogP contribution in [0.4, 0.5) is 0 Å². The van der Waals surface area contributed by atoms with Crippen LogP contribution in [0.15, 0.2) is 78.3 Å². The molecule has 1 aliphatic heterocycles. The first kappa shape index (κ1) is 11.8. The third-order valence-corrected chi connectivity index (χ3v) is 3.26. The van der Waals surface area contributed by atoms with Crippen LogP contribution >= 0.6 is 0 Å². The van der Waals surface area contributed by atoms with Gasteiger partial charge >= 0.3 is 0 Å². The summed E-state index contributed by atoms with van der Waals surface area (Å²) < 4.78 is 5.87. The summed E-state index contributed by atoms with van der Waals surface area (Å²) in [6, 6.07) is 20.9. The molecule has 94 valence electrons. The summed E-state index contributed by atoms with van der Waals surface area (Å²) in [4.78, 5) is 0. The van der Waals surface area contributed by atoms with Crippen molar-refractivity contribution in [2.45, 2.75) is 13.3 Å². The Morgan fingerprint density at radius 2 is 1.37 bits per heavy atom. The fraction of sp³-hybridized carbons (Fsp3) is 0.111. The third kappa shape index (κ3) is 2.45. The number of allylic oxidation sites excluding steroid dienone is 2. The van der Waals surface area contributed by atoms with Crippen LogP contribution in [-0.4, -0.2) is 0 Å². The van der Waals surface area contributed by atoms with E-state index in [0.717, 1.165) is 17.9 Å². The van der Waals surface area contributed by atoms with E-state index in [0.29, 0.717) is 0 Å². The van der Waals surface area contributed by atoms with Gasteiger partial charge in [0.25, 0.3) is 0 Å². The first-order valence-electron chi connectivity index (χ1n) is 6.53. The molecule has 0 spiro atoms. The van der Waals surface area contributed by atoms with E-state index in [1.807, 2.05) is 19.1 Å². The van der Waals surface area contributed by atoms with Crippen molar-refractivity contribution in [1.82, 2.24) is 0 Å². The maximum atomic E-state index is 5.87. The Morgan fingerprint density at radius 1 is 0.842 bits per heavy atom. The molecule has 0 aliphatic carbocycles. The molecule has 0 bridgehead atoms. The Morgan fingerprint density at radius 3 is 1.79 bits per heavy atom. The van der Waals surface area contributed by atoms with E-state index in [2.05, 4.69) is 54.6 Å². The largest absolute Gasteiger partial charge is 0.466 e. The van der Waals surface area contributed by atoms with Crippen molar-refractivity contribution in [2.24, 2.45) is 0 Å². The first-order chi connectivity index (χ1) is 9.34. The molecule has 0 amide bonds. The number of benzene rings is 2. The average Bonchev–Trinajstić information content (AvgIpc) is 2.88. The lowest BCUT2D eigenvalue weighted by Gasteiger charge is -2.12. The van der Waals surface area contributed by atoms with E-state index < -0.39 is 0 Å². The normalized spacial score (nSPS) is 13.9. The Hall–Kier alpha value is -2.28. The fourth-order valence-corrected chi connectivity index (χ4v) is 2.37. The van der Waals surface area contributed by atoms with Gasteiger partial charge in [-0.15, -0.1) is 0 Å². The van der Waals surface area contributed by atoms with E-state index in [4.69, 9.17) is 4.74 Å². The van der Waals surface area contributed by atoms with Crippen LogP contribution in [0.25, 0.3) is 5.57 Å². The maximum absolute atomic E-state index is 5.87. The summed E-state index contributed by atoms with van der Waals surface area (Å²) in [5.41, 5.74) is 3.59. The van der Waals surface area contributed by atoms with Gasteiger partial charge in [-0.2, -0.15) is 0 Å². The molecule has 0 aromatic heterocycles. The quantitative estimate of drug-likeness (QED) is 0.743. The van der Waals surface area contributed by atoms with Crippen LogP contribution in [-0.2, 0) is 4.74 Å². The van der Waals surface area contributed by atoms with Crippen LogP contribution < -0.4 is 0 Å². The van der Waals surface area contributed by atoms with Crippen molar-refractivity contribution < 1.29 is 4.74 Å². The van der Waals surface area contributed by atoms with Crippen LogP contribution in [0.5, 0.6) is 0 Å². The third-order valence-electron chi connectivity index (χ3n) is 3.26. The lowest BCUT2D eigenvalue weighted by molar-refractivity contribution is 0.328. The molecule has 1 aliphatic rings. The van der Waals surface area contributed by atoms with Gasteiger partial charge in [0.15, 0.2) is 0 Å². The highest BCUT2D eigenvalue weighted by molar-refractivity contribution is 5.81. The fourth-order valence-electron chi connectivity index (χ4n) is 2.37. The molecule has 1 heteroatoms. The topological polar surface area (TPSA) is 9.23 Å². The van der Waals surface area contributed by atoms with Crippen LogP contribution in [0.3, 0.4) is 0 Å². The number of hydrogen-bond acceptors (Lipinski definition) is 1. The molecule has 0 N–H and O–H groups in total. The predicted octanol–water partition coefficient (Wildman–Crippen LogP) is 4.77. The molecule has 3 rings (SSSR count). The molecule has 0 fully saturated rings. The minimum absolute atomic E-state index is 0.866. The average molecular weight is 248 g/mol. The number of hydrogen-bond donors (Lipinski definition) is 0. The minimum atomic E-state index is 0.866. The van der Waals surface area contributed by atoms with Crippen LogP contribution in [0.2, 0.25) is 0 Å². The first-order valence-corrected chi connectivity index (χ1v) is 6.53. The molecule has 0 radical (unpaired) electrons. The predicted molar refractivity (Wildman–Crippen MR) is 78.4 cm³/mol. The lowest BCUT2D eigenvalue weighted by atomic mass is 9.96. The highest BCUT2D eigenvalue weighted by atomic mass is 16.5. The van der Waals surface area contributed by atoms with Gasteiger partial charge in [0.1, 0.15) is 5.76 Å². The van der Waals surface area contributed by atoms with E-state index in [1.54, 1.807) is 0 Å². The summed E-state index contributed by atoms with van der Waals surface area (Å²) >= 11 is 0. The Kier molecular flexibility index (Phi) is 3.20. The van der Waals surface area contributed by atoms with Crippen LogP contribution in [0.1, 0.15) is 24.5 Å². The second kappa shape index (κ2) is 5.15. The SMILES string of the molecule is CC1=CCC(=C(c2ccccc2)c2ccccc2)O1. The van der Waals surface area contributed by atoms with Gasteiger partial charge in [-0.1, -0.05) is 60.7 Å². The molecule has 2 aromatic carbocycles. The van der Waals surface area contributed by atoms with Gasteiger partial charge in [0.05, 0.1) is 5.76 Å². The van der Waals surface area contributed by atoms with Gasteiger partial charge in [-0.3, -0.25) is 0 Å². The molecular formula is C18H16O. The second-order valence-corrected chi connectivity index (χ2v) is 4.65. The van der Waals surface area contributed by atoms with Gasteiger partial charge in [-0.25, -0.2) is 0 Å². The van der Waals surface area contributed by atoms with Crippen molar-refractivity contribution in [3.63, 3.8) is 0 Å². The van der Waals surface area contributed by atoms with E-state index in [1.165, 1.54) is 16.7 Å². The highest BCUT2D eigenvalue weighted by Crippen LogP contribution is 2.33. The maximum Gasteiger partial charge on any atom is 0.116 e. The molecule has 1 nitrogen and oxygen atoms in total. The summed E-state index contributed by atoms with van der Waals surface area (Å²) in [5.74, 6) is 2.02. The van der Waals surface area contributed by atoms with Crippen molar-refractivity contribution in [1.29, 1.82) is 0 Å². The molecule has 0 unspecified atom stereocenters. The molecule has 0 saturated carbocycles. The summed E-state index contributed by atoms with van der Waals surface area (Å²) in [7, 11) is 0. The van der Waals surface area contributed by atoms with Gasteiger partial charge in [0.2, 0.25) is 0 Å². The van der Waals surface area contributed by atoms with Gasteiger partial charge in [-0.05, 0) is 24.1 Å². The van der Waals surface area contributed by atoms with Crippen molar-refractivity contribution >= 4 is 5.57 Å². The van der Waals surface area contributed by atoms with Crippen LogP contribution in [0, 0.1) is 0 Å². The van der Waals surface area contributed by atoms with E-state index in [-0.39, 0.29) is 0 Å². The second-order valence-electron chi connectivity index (χ2n) is 4.65. The van der Waals surface area contributed by atoms with Gasteiger partial charge in [0, 0.05) is 12.0 Å². The van der Waals surface area contributed by atoms with Crippen molar-refractivity contribution in [3.8, 4) is 0 Å². The lowest BCUT2D eigenvalue weighted by Crippen LogP contribution is -1.94. The zero-order valence-corrected chi connectivity index (χ0v) is 11.0.